The molecule has 2 rings (SSSR count). The molecule has 0 atom stereocenters. The molecular formula is C19H21FN2O3. The molecule has 5 nitrogen and oxygen atoms in total. The van der Waals surface area contributed by atoms with E-state index in [2.05, 4.69) is 10.6 Å². The first kappa shape index (κ1) is 18.4. The number of anilines is 1. The van der Waals surface area contributed by atoms with Crippen molar-refractivity contribution in [2.75, 3.05) is 12.4 Å². The minimum Gasteiger partial charge on any atom is -0.495 e. The smallest absolute Gasteiger partial charge is 0.221 e. The van der Waals surface area contributed by atoms with Gasteiger partial charge in [-0.1, -0.05) is 18.2 Å². The third kappa shape index (κ3) is 5.91. The van der Waals surface area contributed by atoms with Crippen LogP contribution in [0.2, 0.25) is 0 Å². The first-order valence-corrected chi connectivity index (χ1v) is 7.93. The zero-order valence-electron chi connectivity index (χ0n) is 14.3. The van der Waals surface area contributed by atoms with Crippen molar-refractivity contribution < 1.29 is 18.7 Å². The number of amides is 2. The van der Waals surface area contributed by atoms with Gasteiger partial charge in [-0.05, 0) is 41.8 Å². The molecule has 0 saturated carbocycles. The van der Waals surface area contributed by atoms with E-state index in [0.29, 0.717) is 30.8 Å². The number of carbonyl (C=O) groups excluding carboxylic acids is 2. The Labute approximate surface area is 146 Å². The summed E-state index contributed by atoms with van der Waals surface area (Å²) in [5.41, 5.74) is 2.32. The molecule has 0 unspecified atom stereocenters. The van der Waals surface area contributed by atoms with Crippen LogP contribution in [0, 0.1) is 5.82 Å². The van der Waals surface area contributed by atoms with Gasteiger partial charge >= 0.3 is 0 Å². The second kappa shape index (κ2) is 8.82. The molecule has 2 aromatic carbocycles. The number of aryl methyl sites for hydroxylation is 1. The summed E-state index contributed by atoms with van der Waals surface area (Å²) in [4.78, 5) is 23.2. The molecule has 0 fully saturated rings. The summed E-state index contributed by atoms with van der Waals surface area (Å²) in [5, 5.41) is 5.53. The molecule has 0 radical (unpaired) electrons. The maximum Gasteiger partial charge on any atom is 0.221 e. The van der Waals surface area contributed by atoms with Crippen molar-refractivity contribution in [2.24, 2.45) is 0 Å². The lowest BCUT2D eigenvalue weighted by molar-refractivity contribution is -0.121. The molecule has 2 aromatic rings. The molecule has 2 N–H and O–H groups in total. The molecule has 0 saturated heterocycles. The van der Waals surface area contributed by atoms with Gasteiger partial charge in [-0.15, -0.1) is 0 Å². The fraction of sp³-hybridized carbons (Fsp3) is 0.263. The van der Waals surface area contributed by atoms with E-state index in [-0.39, 0.29) is 17.6 Å². The predicted molar refractivity (Wildman–Crippen MR) is 93.9 cm³/mol. The van der Waals surface area contributed by atoms with E-state index in [1.165, 1.54) is 26.2 Å². The fourth-order valence-corrected chi connectivity index (χ4v) is 2.35. The second-order valence-corrected chi connectivity index (χ2v) is 5.62. The van der Waals surface area contributed by atoms with Crippen molar-refractivity contribution >= 4 is 17.5 Å². The molecule has 0 bridgehead atoms. The van der Waals surface area contributed by atoms with Crippen LogP contribution in [0.15, 0.2) is 42.5 Å². The highest BCUT2D eigenvalue weighted by molar-refractivity contribution is 5.90. The van der Waals surface area contributed by atoms with Gasteiger partial charge in [-0.25, -0.2) is 4.39 Å². The molecular weight excluding hydrogens is 323 g/mol. The van der Waals surface area contributed by atoms with Crippen molar-refractivity contribution in [2.45, 2.75) is 26.3 Å². The van der Waals surface area contributed by atoms with Crippen LogP contribution >= 0.6 is 0 Å². The van der Waals surface area contributed by atoms with Crippen LogP contribution in [0.1, 0.15) is 24.5 Å². The largest absolute Gasteiger partial charge is 0.495 e. The molecule has 0 spiro atoms. The Bertz CT molecular complexity index is 745. The lowest BCUT2D eigenvalue weighted by Crippen LogP contribution is -2.23. The number of methoxy groups -OCH3 is 1. The quantitative estimate of drug-likeness (QED) is 0.811. The standard InChI is InChI=1S/C19H21FN2O3/c1-13(23)22-17-11-15(5-9-18(17)25-2)12-21-19(24)10-6-14-3-7-16(20)8-4-14/h3-5,7-9,11H,6,10,12H2,1-2H3,(H,21,24)(H,22,23). The van der Waals surface area contributed by atoms with Crippen molar-refractivity contribution in [1.82, 2.24) is 5.32 Å². The van der Waals surface area contributed by atoms with Crippen LogP contribution in [0.5, 0.6) is 5.75 Å². The van der Waals surface area contributed by atoms with Crippen molar-refractivity contribution in [3.05, 3.63) is 59.4 Å². The topological polar surface area (TPSA) is 67.4 Å². The summed E-state index contributed by atoms with van der Waals surface area (Å²) in [6, 6.07) is 11.4. The molecule has 6 heteroatoms. The molecule has 0 aliphatic heterocycles. The number of carbonyl (C=O) groups is 2. The van der Waals surface area contributed by atoms with Crippen LogP contribution in [0.25, 0.3) is 0 Å². The van der Waals surface area contributed by atoms with Gasteiger partial charge in [0.15, 0.2) is 0 Å². The summed E-state index contributed by atoms with van der Waals surface area (Å²) in [6.45, 7) is 1.77. The first-order chi connectivity index (χ1) is 12.0. The van der Waals surface area contributed by atoms with Crippen LogP contribution in [-0.4, -0.2) is 18.9 Å². The SMILES string of the molecule is COc1ccc(CNC(=O)CCc2ccc(F)cc2)cc1NC(C)=O. The van der Waals surface area contributed by atoms with Gasteiger partial charge < -0.3 is 15.4 Å². The molecule has 0 heterocycles. The number of hydrogen-bond donors (Lipinski definition) is 2. The van der Waals surface area contributed by atoms with Crippen LogP contribution < -0.4 is 15.4 Å². The summed E-state index contributed by atoms with van der Waals surface area (Å²) < 4.78 is 18.0. The molecule has 0 aliphatic carbocycles. The minimum atomic E-state index is -0.289. The van der Waals surface area contributed by atoms with E-state index in [1.54, 1.807) is 24.3 Å². The molecule has 0 aliphatic rings. The second-order valence-electron chi connectivity index (χ2n) is 5.62. The highest BCUT2D eigenvalue weighted by Gasteiger charge is 2.07. The van der Waals surface area contributed by atoms with Gasteiger partial charge in [0.05, 0.1) is 12.8 Å². The zero-order valence-corrected chi connectivity index (χ0v) is 14.3. The van der Waals surface area contributed by atoms with E-state index in [1.807, 2.05) is 6.07 Å². The van der Waals surface area contributed by atoms with Crippen molar-refractivity contribution in [3.8, 4) is 5.75 Å². The Balaban J connectivity index is 1.88. The third-order valence-electron chi connectivity index (χ3n) is 3.62. The van der Waals surface area contributed by atoms with Gasteiger partial charge in [0.2, 0.25) is 11.8 Å². The average molecular weight is 344 g/mol. The van der Waals surface area contributed by atoms with E-state index in [0.717, 1.165) is 11.1 Å². The Morgan fingerprint density at radius 2 is 1.76 bits per heavy atom. The lowest BCUT2D eigenvalue weighted by atomic mass is 10.1. The van der Waals surface area contributed by atoms with E-state index < -0.39 is 0 Å². The maximum absolute atomic E-state index is 12.8. The summed E-state index contributed by atoms with van der Waals surface area (Å²) in [5.74, 6) is -0.0238. The highest BCUT2D eigenvalue weighted by atomic mass is 19.1. The number of halogens is 1. The predicted octanol–water partition coefficient (Wildman–Crippen LogP) is 3.04. The molecule has 0 aromatic heterocycles. The number of nitrogens with one attached hydrogen (secondary N) is 2. The van der Waals surface area contributed by atoms with Gasteiger partial charge in [0.1, 0.15) is 11.6 Å². The van der Waals surface area contributed by atoms with Crippen LogP contribution in [0.4, 0.5) is 10.1 Å². The Morgan fingerprint density at radius 1 is 1.08 bits per heavy atom. The third-order valence-corrected chi connectivity index (χ3v) is 3.62. The Morgan fingerprint density at radius 3 is 2.40 bits per heavy atom. The first-order valence-electron chi connectivity index (χ1n) is 7.93. The van der Waals surface area contributed by atoms with Gasteiger partial charge in [-0.3, -0.25) is 9.59 Å². The van der Waals surface area contributed by atoms with E-state index in [4.69, 9.17) is 4.74 Å². The van der Waals surface area contributed by atoms with Crippen molar-refractivity contribution in [1.29, 1.82) is 0 Å². The number of rotatable bonds is 7. The number of benzene rings is 2. The fourth-order valence-electron chi connectivity index (χ4n) is 2.35. The highest BCUT2D eigenvalue weighted by Crippen LogP contribution is 2.25. The molecule has 25 heavy (non-hydrogen) atoms. The number of ether oxygens (including phenoxy) is 1. The molecule has 2 amide bonds. The summed E-state index contributed by atoms with van der Waals surface area (Å²) >= 11 is 0. The summed E-state index contributed by atoms with van der Waals surface area (Å²) in [7, 11) is 1.53. The van der Waals surface area contributed by atoms with Crippen LogP contribution in [-0.2, 0) is 22.6 Å². The van der Waals surface area contributed by atoms with E-state index in [9.17, 15) is 14.0 Å². The van der Waals surface area contributed by atoms with E-state index >= 15 is 0 Å². The van der Waals surface area contributed by atoms with Gasteiger partial charge in [-0.2, -0.15) is 0 Å². The lowest BCUT2D eigenvalue weighted by Gasteiger charge is -2.12. The Hall–Kier alpha value is -2.89. The van der Waals surface area contributed by atoms with Gasteiger partial charge in [0.25, 0.3) is 0 Å². The normalized spacial score (nSPS) is 10.2. The summed E-state index contributed by atoms with van der Waals surface area (Å²) in [6.07, 6.45) is 0.867. The molecule has 132 valence electrons. The zero-order chi connectivity index (χ0) is 18.2. The van der Waals surface area contributed by atoms with Crippen molar-refractivity contribution in [3.63, 3.8) is 0 Å². The van der Waals surface area contributed by atoms with Crippen LogP contribution in [0.3, 0.4) is 0 Å². The van der Waals surface area contributed by atoms with Gasteiger partial charge in [0, 0.05) is 19.9 Å². The maximum atomic E-state index is 12.8. The average Bonchev–Trinajstić information content (AvgIpc) is 2.59. The monoisotopic (exact) mass is 344 g/mol. The minimum absolute atomic E-state index is 0.0961. The Kier molecular flexibility index (Phi) is 6.51. The number of hydrogen-bond acceptors (Lipinski definition) is 3.